The van der Waals surface area contributed by atoms with Crippen LogP contribution in [0.4, 0.5) is 0 Å². The van der Waals surface area contributed by atoms with Crippen molar-refractivity contribution < 1.29 is 9.22 Å². The van der Waals surface area contributed by atoms with Crippen LogP contribution in [0.25, 0.3) is 0 Å². The summed E-state index contributed by atoms with van der Waals surface area (Å²) in [7, 11) is -0.940. The molecule has 0 saturated heterocycles. The van der Waals surface area contributed by atoms with Gasteiger partial charge in [-0.2, -0.15) is 0 Å². The van der Waals surface area contributed by atoms with Crippen LogP contribution < -0.4 is 0 Å². The molecule has 0 radical (unpaired) electrons. The van der Waals surface area contributed by atoms with E-state index in [0.29, 0.717) is 5.12 Å². The van der Waals surface area contributed by atoms with Crippen LogP contribution in [0.2, 0.25) is 12.1 Å². The number of hydrogen-bond acceptors (Lipinski definition) is 3. The number of carbonyl (C=O) groups is 1. The fourth-order valence-electron chi connectivity index (χ4n) is 2.76. The average Bonchev–Trinajstić information content (AvgIpc) is 2.59. The highest BCUT2D eigenvalue weighted by Crippen LogP contribution is 2.15. The first-order valence-electron chi connectivity index (χ1n) is 10.5. The summed E-state index contributed by atoms with van der Waals surface area (Å²) in [5, 5.41) is 0.394. The van der Waals surface area contributed by atoms with E-state index < -0.39 is 9.04 Å². The molecular formula is C20H42O2SSi. The molecule has 0 fully saturated rings. The Morgan fingerprint density at radius 1 is 0.792 bits per heavy atom. The molecule has 0 amide bonds. The zero-order valence-electron chi connectivity index (χ0n) is 16.6. The monoisotopic (exact) mass is 374 g/mol. The minimum atomic E-state index is -0.940. The van der Waals surface area contributed by atoms with Crippen LogP contribution in [-0.2, 0) is 9.22 Å². The van der Waals surface area contributed by atoms with Gasteiger partial charge in [0.15, 0.2) is 14.2 Å². The first kappa shape index (κ1) is 24.2. The lowest BCUT2D eigenvalue weighted by Gasteiger charge is -2.15. The number of thioether (sulfide) groups is 1. The minimum Gasteiger partial charge on any atom is -0.420 e. The SMILES string of the molecule is CCCCCCCC(=O)SCCCCO[SiH](CCCC)CCCC. The molecule has 0 N–H and O–H groups in total. The molecule has 0 aliphatic carbocycles. The summed E-state index contributed by atoms with van der Waals surface area (Å²) in [5.74, 6) is 0.979. The van der Waals surface area contributed by atoms with Crippen molar-refractivity contribution in [3.63, 3.8) is 0 Å². The highest BCUT2D eigenvalue weighted by molar-refractivity contribution is 8.13. The van der Waals surface area contributed by atoms with Crippen LogP contribution >= 0.6 is 11.8 Å². The van der Waals surface area contributed by atoms with Crippen molar-refractivity contribution in [1.29, 1.82) is 0 Å². The van der Waals surface area contributed by atoms with Gasteiger partial charge in [0, 0.05) is 18.8 Å². The van der Waals surface area contributed by atoms with E-state index in [-0.39, 0.29) is 0 Å². The summed E-state index contributed by atoms with van der Waals surface area (Å²) in [5.41, 5.74) is 0. The van der Waals surface area contributed by atoms with Crippen LogP contribution in [0.15, 0.2) is 0 Å². The summed E-state index contributed by atoms with van der Waals surface area (Å²) in [6.45, 7) is 7.69. The molecule has 4 heteroatoms. The van der Waals surface area contributed by atoms with Crippen molar-refractivity contribution in [2.45, 2.75) is 110 Å². The first-order chi connectivity index (χ1) is 11.7. The smallest absolute Gasteiger partial charge is 0.188 e. The van der Waals surface area contributed by atoms with Gasteiger partial charge in [0.1, 0.15) is 0 Å². The molecule has 0 rings (SSSR count). The summed E-state index contributed by atoms with van der Waals surface area (Å²) in [4.78, 5) is 11.8. The number of rotatable bonds is 18. The Morgan fingerprint density at radius 3 is 2.04 bits per heavy atom. The lowest BCUT2D eigenvalue weighted by atomic mass is 10.1. The number of unbranched alkanes of at least 4 members (excludes halogenated alkanes) is 7. The van der Waals surface area contributed by atoms with Gasteiger partial charge in [-0.15, -0.1) is 0 Å². The van der Waals surface area contributed by atoms with Gasteiger partial charge in [-0.3, -0.25) is 4.79 Å². The Balaban J connectivity index is 3.50. The van der Waals surface area contributed by atoms with Gasteiger partial charge < -0.3 is 4.43 Å². The lowest BCUT2D eigenvalue weighted by Crippen LogP contribution is -2.18. The van der Waals surface area contributed by atoms with Gasteiger partial charge in [-0.05, 0) is 31.4 Å². The van der Waals surface area contributed by atoms with Crippen molar-refractivity contribution in [1.82, 2.24) is 0 Å². The second-order valence-electron chi connectivity index (χ2n) is 6.87. The molecule has 24 heavy (non-hydrogen) atoms. The van der Waals surface area contributed by atoms with Crippen molar-refractivity contribution in [2.75, 3.05) is 12.4 Å². The van der Waals surface area contributed by atoms with E-state index in [1.54, 1.807) is 11.8 Å². The first-order valence-corrected chi connectivity index (χ1v) is 13.6. The lowest BCUT2D eigenvalue weighted by molar-refractivity contribution is -0.111. The summed E-state index contributed by atoms with van der Waals surface area (Å²) >= 11 is 1.54. The molecule has 0 heterocycles. The van der Waals surface area contributed by atoms with Crippen molar-refractivity contribution in [3.8, 4) is 0 Å². The molecule has 144 valence electrons. The highest BCUT2D eigenvalue weighted by atomic mass is 32.2. The number of carbonyl (C=O) groups excluding carboxylic acids is 1. The van der Waals surface area contributed by atoms with E-state index in [1.165, 1.54) is 63.5 Å². The van der Waals surface area contributed by atoms with E-state index in [1.807, 2.05) is 0 Å². The minimum absolute atomic E-state index is 0.394. The van der Waals surface area contributed by atoms with E-state index >= 15 is 0 Å². The average molecular weight is 375 g/mol. The van der Waals surface area contributed by atoms with E-state index in [9.17, 15) is 4.79 Å². The zero-order valence-corrected chi connectivity index (χ0v) is 18.6. The van der Waals surface area contributed by atoms with Crippen LogP contribution in [0.5, 0.6) is 0 Å². The molecule has 0 spiro atoms. The maximum Gasteiger partial charge on any atom is 0.188 e. The van der Waals surface area contributed by atoms with Crippen molar-refractivity contribution in [2.24, 2.45) is 0 Å². The largest absolute Gasteiger partial charge is 0.420 e. The molecule has 0 bridgehead atoms. The van der Waals surface area contributed by atoms with Gasteiger partial charge in [-0.25, -0.2) is 0 Å². The normalized spacial score (nSPS) is 11.3. The fraction of sp³-hybridized carbons (Fsp3) is 0.950. The van der Waals surface area contributed by atoms with Crippen molar-refractivity contribution >= 4 is 25.9 Å². The quantitative estimate of drug-likeness (QED) is 0.196. The second kappa shape index (κ2) is 19.5. The molecule has 0 aliphatic heterocycles. The topological polar surface area (TPSA) is 26.3 Å². The molecule has 0 atom stereocenters. The predicted molar refractivity (Wildman–Crippen MR) is 113 cm³/mol. The van der Waals surface area contributed by atoms with Gasteiger partial charge >= 0.3 is 0 Å². The standard InChI is InChI=1S/C20H42O2SSi/c1-4-7-10-11-12-15-20(21)23-17-14-13-16-22-24(18-8-5-2)19-9-6-3/h24H,4-19H2,1-3H3. The molecule has 0 aromatic heterocycles. The summed E-state index contributed by atoms with van der Waals surface area (Å²) < 4.78 is 6.20. The summed E-state index contributed by atoms with van der Waals surface area (Å²) in [6.07, 6.45) is 14.4. The molecule has 0 saturated carbocycles. The Labute approximate surface area is 157 Å². The predicted octanol–water partition coefficient (Wildman–Crippen LogP) is 6.73. The van der Waals surface area contributed by atoms with Crippen LogP contribution in [0, 0.1) is 0 Å². The molecule has 0 aromatic rings. The molecule has 2 nitrogen and oxygen atoms in total. The fourth-order valence-corrected chi connectivity index (χ4v) is 6.47. The number of hydrogen-bond donors (Lipinski definition) is 0. The Bertz CT molecular complexity index is 266. The third-order valence-electron chi connectivity index (χ3n) is 4.40. The van der Waals surface area contributed by atoms with Gasteiger partial charge in [0.05, 0.1) is 0 Å². The van der Waals surface area contributed by atoms with E-state index in [0.717, 1.165) is 38.0 Å². The third-order valence-corrected chi connectivity index (χ3v) is 8.23. The van der Waals surface area contributed by atoms with Crippen LogP contribution in [0.1, 0.15) is 97.8 Å². The maximum absolute atomic E-state index is 11.8. The van der Waals surface area contributed by atoms with Gasteiger partial charge in [0.2, 0.25) is 0 Å². The maximum atomic E-state index is 11.8. The van der Waals surface area contributed by atoms with Crippen LogP contribution in [-0.4, -0.2) is 26.5 Å². The van der Waals surface area contributed by atoms with Gasteiger partial charge in [-0.1, -0.05) is 83.9 Å². The third kappa shape index (κ3) is 17.0. The van der Waals surface area contributed by atoms with Gasteiger partial charge in [0.25, 0.3) is 0 Å². The van der Waals surface area contributed by atoms with Crippen molar-refractivity contribution in [3.05, 3.63) is 0 Å². The molecule has 0 aliphatic rings. The zero-order chi connectivity index (χ0) is 17.9. The second-order valence-corrected chi connectivity index (χ2v) is 10.8. The highest BCUT2D eigenvalue weighted by Gasteiger charge is 2.10. The van der Waals surface area contributed by atoms with E-state index in [4.69, 9.17) is 4.43 Å². The van der Waals surface area contributed by atoms with Crippen LogP contribution in [0.3, 0.4) is 0 Å². The Kier molecular flexibility index (Phi) is 19.7. The van der Waals surface area contributed by atoms with E-state index in [2.05, 4.69) is 20.8 Å². The Hall–Kier alpha value is 0.197. The molecule has 0 unspecified atom stereocenters. The molecule has 0 aromatic carbocycles. The molecular weight excluding hydrogens is 332 g/mol. The summed E-state index contributed by atoms with van der Waals surface area (Å²) in [6, 6.07) is 2.70. The Morgan fingerprint density at radius 2 is 1.42 bits per heavy atom.